The fourth-order valence-electron chi connectivity index (χ4n) is 2.91. The minimum Gasteiger partial charge on any atom is -0.385 e. The summed E-state index contributed by atoms with van der Waals surface area (Å²) in [7, 11) is 1.71. The second kappa shape index (κ2) is 4.05. The predicted molar refractivity (Wildman–Crippen MR) is 61.4 cm³/mol. The van der Waals surface area contributed by atoms with Gasteiger partial charge in [0.1, 0.15) is 11.4 Å². The standard InChI is InChI=1S/C11H19N3O2/c1-3-14-10(15)13-9(12)11(14)6-4-5-8(7-11)16-2/h8H,3-7H2,1-2H3,(H2,12,13,15). The van der Waals surface area contributed by atoms with Gasteiger partial charge in [-0.25, -0.2) is 4.79 Å². The van der Waals surface area contributed by atoms with Crippen molar-refractivity contribution < 1.29 is 9.53 Å². The Morgan fingerprint density at radius 3 is 3.06 bits per heavy atom. The number of nitrogens with two attached hydrogens (primary N) is 1. The molecule has 90 valence electrons. The molecule has 0 aromatic rings. The normalized spacial score (nSPS) is 34.6. The average Bonchev–Trinajstić information content (AvgIpc) is 2.50. The number of ether oxygens (including phenoxy) is 1. The molecule has 16 heavy (non-hydrogen) atoms. The van der Waals surface area contributed by atoms with Crippen LogP contribution in [0.5, 0.6) is 0 Å². The number of amidine groups is 1. The molecule has 1 aliphatic heterocycles. The molecule has 2 N–H and O–H groups in total. The van der Waals surface area contributed by atoms with Gasteiger partial charge in [0.05, 0.1) is 6.10 Å². The van der Waals surface area contributed by atoms with E-state index in [-0.39, 0.29) is 17.7 Å². The summed E-state index contributed by atoms with van der Waals surface area (Å²) in [5.74, 6) is 0.473. The summed E-state index contributed by atoms with van der Waals surface area (Å²) in [6.07, 6.45) is 3.93. The molecule has 2 rings (SSSR count). The van der Waals surface area contributed by atoms with Gasteiger partial charge in [-0.05, 0) is 26.2 Å². The van der Waals surface area contributed by atoms with Crippen molar-refractivity contribution in [1.82, 2.24) is 4.90 Å². The van der Waals surface area contributed by atoms with E-state index >= 15 is 0 Å². The molecule has 1 aliphatic carbocycles. The maximum atomic E-state index is 11.7. The molecule has 0 aromatic heterocycles. The van der Waals surface area contributed by atoms with Crippen molar-refractivity contribution in [3.63, 3.8) is 0 Å². The third kappa shape index (κ3) is 1.50. The smallest absolute Gasteiger partial charge is 0.346 e. The second-order valence-corrected chi connectivity index (χ2v) is 4.51. The summed E-state index contributed by atoms with van der Waals surface area (Å²) in [4.78, 5) is 17.4. The zero-order valence-corrected chi connectivity index (χ0v) is 9.90. The first-order chi connectivity index (χ1) is 7.64. The molecule has 5 heteroatoms. The number of amides is 2. The number of hydrogen-bond donors (Lipinski definition) is 1. The van der Waals surface area contributed by atoms with Crippen LogP contribution in [-0.2, 0) is 4.74 Å². The highest BCUT2D eigenvalue weighted by Gasteiger charge is 2.50. The van der Waals surface area contributed by atoms with Crippen LogP contribution in [0.3, 0.4) is 0 Å². The molecule has 1 spiro atoms. The number of rotatable bonds is 2. The molecule has 2 aliphatic rings. The van der Waals surface area contributed by atoms with E-state index in [2.05, 4.69) is 4.99 Å². The van der Waals surface area contributed by atoms with E-state index in [1.54, 1.807) is 12.0 Å². The van der Waals surface area contributed by atoms with Crippen LogP contribution < -0.4 is 5.73 Å². The Kier molecular flexibility index (Phi) is 2.88. The van der Waals surface area contributed by atoms with Gasteiger partial charge in [-0.2, -0.15) is 4.99 Å². The lowest BCUT2D eigenvalue weighted by Gasteiger charge is -2.42. The van der Waals surface area contributed by atoms with Gasteiger partial charge in [-0.3, -0.25) is 0 Å². The summed E-state index contributed by atoms with van der Waals surface area (Å²) in [5, 5.41) is 0. The van der Waals surface area contributed by atoms with Crippen LogP contribution in [0, 0.1) is 0 Å². The van der Waals surface area contributed by atoms with E-state index < -0.39 is 0 Å². The Morgan fingerprint density at radius 1 is 1.69 bits per heavy atom. The van der Waals surface area contributed by atoms with E-state index in [9.17, 15) is 4.79 Å². The number of hydrogen-bond acceptors (Lipinski definition) is 3. The SMILES string of the molecule is CCN1C(=O)N=C(N)C12CCCC(OC)C2. The van der Waals surface area contributed by atoms with Crippen molar-refractivity contribution in [1.29, 1.82) is 0 Å². The number of methoxy groups -OCH3 is 1. The van der Waals surface area contributed by atoms with E-state index in [1.165, 1.54) is 0 Å². The molecule has 1 heterocycles. The van der Waals surface area contributed by atoms with Crippen molar-refractivity contribution in [2.24, 2.45) is 10.7 Å². The van der Waals surface area contributed by atoms with Gasteiger partial charge in [0.15, 0.2) is 0 Å². The molecule has 0 radical (unpaired) electrons. The zero-order chi connectivity index (χ0) is 11.8. The molecule has 0 bridgehead atoms. The molecule has 2 unspecified atom stereocenters. The number of urea groups is 1. The van der Waals surface area contributed by atoms with Crippen molar-refractivity contribution in [2.45, 2.75) is 44.2 Å². The summed E-state index contributed by atoms with van der Waals surface area (Å²) in [5.41, 5.74) is 5.58. The van der Waals surface area contributed by atoms with E-state index in [1.807, 2.05) is 6.92 Å². The van der Waals surface area contributed by atoms with Gasteiger partial charge in [0.2, 0.25) is 0 Å². The fourth-order valence-corrected chi connectivity index (χ4v) is 2.91. The molecule has 1 fully saturated rings. The molecular formula is C11H19N3O2. The summed E-state index contributed by atoms with van der Waals surface area (Å²) in [6.45, 7) is 2.61. The number of nitrogens with zero attached hydrogens (tertiary/aromatic N) is 2. The Bertz CT molecular complexity index is 329. The van der Waals surface area contributed by atoms with E-state index in [0.717, 1.165) is 25.7 Å². The molecule has 5 nitrogen and oxygen atoms in total. The first-order valence-electron chi connectivity index (χ1n) is 5.83. The van der Waals surface area contributed by atoms with Crippen LogP contribution in [0.1, 0.15) is 32.6 Å². The maximum absolute atomic E-state index is 11.7. The monoisotopic (exact) mass is 225 g/mol. The van der Waals surface area contributed by atoms with Crippen LogP contribution in [0.25, 0.3) is 0 Å². The van der Waals surface area contributed by atoms with Gasteiger partial charge in [0, 0.05) is 20.1 Å². The Hall–Kier alpha value is -1.10. The van der Waals surface area contributed by atoms with Crippen molar-refractivity contribution in [3.05, 3.63) is 0 Å². The maximum Gasteiger partial charge on any atom is 0.346 e. The first-order valence-corrected chi connectivity index (χ1v) is 5.83. The second-order valence-electron chi connectivity index (χ2n) is 4.51. The first kappa shape index (κ1) is 11.4. The molecule has 0 aromatic carbocycles. The van der Waals surface area contributed by atoms with Gasteiger partial charge in [-0.15, -0.1) is 0 Å². The highest BCUT2D eigenvalue weighted by Crippen LogP contribution is 2.38. The van der Waals surface area contributed by atoms with Gasteiger partial charge >= 0.3 is 6.03 Å². The lowest BCUT2D eigenvalue weighted by Crippen LogP contribution is -2.57. The lowest BCUT2D eigenvalue weighted by atomic mass is 9.78. The molecule has 1 saturated carbocycles. The van der Waals surface area contributed by atoms with Crippen LogP contribution in [0.2, 0.25) is 0 Å². The third-order valence-electron chi connectivity index (χ3n) is 3.77. The van der Waals surface area contributed by atoms with Gasteiger partial charge in [-0.1, -0.05) is 0 Å². The van der Waals surface area contributed by atoms with E-state index in [0.29, 0.717) is 12.4 Å². The topological polar surface area (TPSA) is 67.9 Å². The molecule has 0 saturated heterocycles. The zero-order valence-electron chi connectivity index (χ0n) is 9.90. The molecule has 2 amide bonds. The third-order valence-corrected chi connectivity index (χ3v) is 3.77. The van der Waals surface area contributed by atoms with E-state index in [4.69, 9.17) is 10.5 Å². The van der Waals surface area contributed by atoms with Gasteiger partial charge in [0.25, 0.3) is 0 Å². The Labute approximate surface area is 95.6 Å². The Morgan fingerprint density at radius 2 is 2.44 bits per heavy atom. The Balaban J connectivity index is 2.28. The number of carbonyl (C=O) groups is 1. The number of carbonyl (C=O) groups excluding carboxylic acids is 1. The van der Waals surface area contributed by atoms with Crippen molar-refractivity contribution >= 4 is 11.9 Å². The van der Waals surface area contributed by atoms with Crippen molar-refractivity contribution in [3.8, 4) is 0 Å². The van der Waals surface area contributed by atoms with Crippen LogP contribution >= 0.6 is 0 Å². The number of aliphatic imine (C=N–C) groups is 1. The summed E-state index contributed by atoms with van der Waals surface area (Å²) in [6, 6.07) is -0.197. The summed E-state index contributed by atoms with van der Waals surface area (Å²) < 4.78 is 5.41. The lowest BCUT2D eigenvalue weighted by molar-refractivity contribution is 0.0239. The highest BCUT2D eigenvalue weighted by molar-refractivity contribution is 6.05. The van der Waals surface area contributed by atoms with Crippen LogP contribution in [-0.4, -0.2) is 42.1 Å². The van der Waals surface area contributed by atoms with Crippen molar-refractivity contribution in [2.75, 3.05) is 13.7 Å². The average molecular weight is 225 g/mol. The van der Waals surface area contributed by atoms with Crippen LogP contribution in [0.4, 0.5) is 4.79 Å². The largest absolute Gasteiger partial charge is 0.385 e. The van der Waals surface area contributed by atoms with Crippen LogP contribution in [0.15, 0.2) is 4.99 Å². The number of likely N-dealkylation sites (N-methyl/N-ethyl adjacent to an activating group) is 1. The highest BCUT2D eigenvalue weighted by atomic mass is 16.5. The fraction of sp³-hybridized carbons (Fsp3) is 0.818. The summed E-state index contributed by atoms with van der Waals surface area (Å²) >= 11 is 0. The quantitative estimate of drug-likeness (QED) is 0.766. The molecular weight excluding hydrogens is 206 g/mol. The molecule has 2 atom stereocenters. The minimum atomic E-state index is -0.370. The van der Waals surface area contributed by atoms with Gasteiger partial charge < -0.3 is 15.4 Å². The predicted octanol–water partition coefficient (Wildman–Crippen LogP) is 1.13. The minimum absolute atomic E-state index is 0.183.